The van der Waals surface area contributed by atoms with Crippen LogP contribution in [0.2, 0.25) is 5.02 Å². The van der Waals surface area contributed by atoms with Crippen molar-refractivity contribution in [1.82, 2.24) is 19.7 Å². The third-order valence-corrected chi connectivity index (χ3v) is 5.33. The maximum atomic E-state index is 12.0. The van der Waals surface area contributed by atoms with Gasteiger partial charge in [0.05, 0.1) is 25.1 Å². The molecule has 0 aromatic carbocycles. The number of piperazine rings is 1. The van der Waals surface area contributed by atoms with E-state index >= 15 is 0 Å². The lowest BCUT2D eigenvalue weighted by atomic mass is 10.2. The van der Waals surface area contributed by atoms with E-state index in [2.05, 4.69) is 29.8 Å². The smallest absolute Gasteiger partial charge is 0.287 e. The fraction of sp³-hybridized carbons (Fsp3) is 0.529. The van der Waals surface area contributed by atoms with E-state index in [0.29, 0.717) is 5.69 Å². The molecule has 9 nitrogen and oxygen atoms in total. The third-order valence-electron chi connectivity index (χ3n) is 4.98. The molecule has 2 aliphatic rings. The highest BCUT2D eigenvalue weighted by Crippen LogP contribution is 2.24. The number of ether oxygens (including phenoxy) is 1. The zero-order valence-corrected chi connectivity index (χ0v) is 16.0. The summed E-state index contributed by atoms with van der Waals surface area (Å²) in [6.07, 6.45) is 3.27. The van der Waals surface area contributed by atoms with Crippen LogP contribution in [-0.4, -0.2) is 72.2 Å². The van der Waals surface area contributed by atoms with E-state index in [1.807, 2.05) is 6.07 Å². The third kappa shape index (κ3) is 3.70. The van der Waals surface area contributed by atoms with E-state index in [9.17, 15) is 4.79 Å². The van der Waals surface area contributed by atoms with Gasteiger partial charge in [-0.05, 0) is 0 Å². The molecule has 2 fully saturated rings. The fourth-order valence-corrected chi connectivity index (χ4v) is 3.67. The Kier molecular flexibility index (Phi) is 5.13. The van der Waals surface area contributed by atoms with Gasteiger partial charge in [-0.1, -0.05) is 11.6 Å². The van der Waals surface area contributed by atoms with Gasteiger partial charge in [-0.2, -0.15) is 5.10 Å². The maximum absolute atomic E-state index is 12.0. The van der Waals surface area contributed by atoms with Crippen molar-refractivity contribution >= 4 is 28.9 Å². The molecule has 0 amide bonds. The summed E-state index contributed by atoms with van der Waals surface area (Å²) in [5.41, 5.74) is 0.415. The Morgan fingerprint density at radius 2 is 1.56 bits per heavy atom. The van der Waals surface area contributed by atoms with Gasteiger partial charge in [-0.3, -0.25) is 4.79 Å². The lowest BCUT2D eigenvalue weighted by Gasteiger charge is -2.37. The van der Waals surface area contributed by atoms with E-state index in [0.717, 1.165) is 64.1 Å². The average Bonchev–Trinajstić information content (AvgIpc) is 2.73. The fourth-order valence-electron chi connectivity index (χ4n) is 3.37. The van der Waals surface area contributed by atoms with Crippen LogP contribution in [0.15, 0.2) is 23.4 Å². The first-order valence-electron chi connectivity index (χ1n) is 9.00. The van der Waals surface area contributed by atoms with E-state index in [1.54, 1.807) is 19.6 Å². The topological polar surface area (TPSA) is 79.6 Å². The van der Waals surface area contributed by atoms with Crippen LogP contribution >= 0.6 is 11.6 Å². The Morgan fingerprint density at radius 3 is 2.22 bits per heavy atom. The van der Waals surface area contributed by atoms with Crippen molar-refractivity contribution in [3.05, 3.63) is 34.0 Å². The summed E-state index contributed by atoms with van der Waals surface area (Å²) in [6, 6.07) is 2.04. The summed E-state index contributed by atoms with van der Waals surface area (Å²) in [5.74, 6) is 1.85. The first kappa shape index (κ1) is 18.0. The Labute approximate surface area is 162 Å². The molecule has 0 bridgehead atoms. The van der Waals surface area contributed by atoms with Gasteiger partial charge in [-0.25, -0.2) is 14.6 Å². The number of hydrogen-bond acceptors (Lipinski definition) is 8. The summed E-state index contributed by atoms with van der Waals surface area (Å²) in [6.45, 7) is 6.19. The van der Waals surface area contributed by atoms with Crippen LogP contribution in [0.4, 0.5) is 17.3 Å². The summed E-state index contributed by atoms with van der Waals surface area (Å²) in [5, 5.41) is 4.30. The lowest BCUT2D eigenvalue weighted by molar-refractivity contribution is 0.122. The number of morpholine rings is 1. The van der Waals surface area contributed by atoms with Crippen LogP contribution in [0.1, 0.15) is 0 Å². The number of aryl methyl sites for hydroxylation is 1. The first-order valence-corrected chi connectivity index (χ1v) is 9.38. The molecule has 0 saturated carbocycles. The second-order valence-electron chi connectivity index (χ2n) is 6.58. The molecule has 2 aromatic rings. The van der Waals surface area contributed by atoms with Gasteiger partial charge in [0.1, 0.15) is 23.0 Å². The van der Waals surface area contributed by atoms with Gasteiger partial charge in [0.2, 0.25) is 0 Å². The van der Waals surface area contributed by atoms with Crippen molar-refractivity contribution < 1.29 is 4.74 Å². The van der Waals surface area contributed by atoms with Gasteiger partial charge in [-0.15, -0.1) is 0 Å². The summed E-state index contributed by atoms with van der Waals surface area (Å²) in [7, 11) is 1.59. The van der Waals surface area contributed by atoms with E-state index in [4.69, 9.17) is 16.3 Å². The average molecular weight is 392 g/mol. The number of anilines is 3. The first-order chi connectivity index (χ1) is 13.1. The minimum Gasteiger partial charge on any atom is -0.378 e. The number of hydrogen-bond donors (Lipinski definition) is 0. The minimum atomic E-state index is -0.275. The molecule has 2 aromatic heterocycles. The van der Waals surface area contributed by atoms with Gasteiger partial charge in [0.25, 0.3) is 5.56 Å². The van der Waals surface area contributed by atoms with E-state index in [1.165, 1.54) is 4.68 Å². The highest BCUT2D eigenvalue weighted by Gasteiger charge is 2.22. The highest BCUT2D eigenvalue weighted by atomic mass is 35.5. The molecule has 0 spiro atoms. The Morgan fingerprint density at radius 1 is 0.963 bits per heavy atom. The van der Waals surface area contributed by atoms with Gasteiger partial charge in [0.15, 0.2) is 0 Å². The van der Waals surface area contributed by atoms with Crippen LogP contribution in [0.25, 0.3) is 0 Å². The second-order valence-corrected chi connectivity index (χ2v) is 6.96. The van der Waals surface area contributed by atoms with Crippen molar-refractivity contribution in [3.63, 3.8) is 0 Å². The molecular formula is C17H22ClN7O2. The second kappa shape index (κ2) is 7.69. The summed E-state index contributed by atoms with van der Waals surface area (Å²) < 4.78 is 6.65. The van der Waals surface area contributed by atoms with Crippen LogP contribution in [0.5, 0.6) is 0 Å². The summed E-state index contributed by atoms with van der Waals surface area (Å²) >= 11 is 6.23. The predicted octanol–water partition coefficient (Wildman–Crippen LogP) is 0.387. The quantitative estimate of drug-likeness (QED) is 0.743. The molecule has 10 heteroatoms. The Bertz CT molecular complexity index is 861. The molecule has 2 aliphatic heterocycles. The van der Waals surface area contributed by atoms with Crippen molar-refractivity contribution in [2.24, 2.45) is 7.05 Å². The molecule has 2 saturated heterocycles. The van der Waals surface area contributed by atoms with Crippen molar-refractivity contribution in [3.8, 4) is 0 Å². The van der Waals surface area contributed by atoms with Gasteiger partial charge >= 0.3 is 0 Å². The standard InChI is InChI=1S/C17H22ClN7O2/c1-22-17(26)16(18)13(11-21-22)23-2-4-24(5-3-23)14-10-15(20-12-19-14)25-6-8-27-9-7-25/h10-12H,2-9H2,1H3. The SMILES string of the molecule is Cn1ncc(N2CCN(c3cc(N4CCOCC4)ncn3)CC2)c(Cl)c1=O. The molecule has 0 radical (unpaired) electrons. The number of nitrogens with zero attached hydrogens (tertiary/aromatic N) is 7. The Balaban J connectivity index is 1.45. The molecule has 144 valence electrons. The molecule has 0 atom stereocenters. The van der Waals surface area contributed by atoms with E-state index < -0.39 is 0 Å². The molecule has 4 heterocycles. The molecule has 4 rings (SSSR count). The molecule has 0 unspecified atom stereocenters. The van der Waals surface area contributed by atoms with E-state index in [-0.39, 0.29) is 10.6 Å². The van der Waals surface area contributed by atoms with Gasteiger partial charge < -0.3 is 19.4 Å². The molecule has 27 heavy (non-hydrogen) atoms. The van der Waals surface area contributed by atoms with Crippen molar-refractivity contribution in [1.29, 1.82) is 0 Å². The summed E-state index contributed by atoms with van der Waals surface area (Å²) in [4.78, 5) is 27.4. The highest BCUT2D eigenvalue weighted by molar-refractivity contribution is 6.33. The van der Waals surface area contributed by atoms with Crippen LogP contribution in [0, 0.1) is 0 Å². The largest absolute Gasteiger partial charge is 0.378 e. The Hall–Kier alpha value is -2.39. The maximum Gasteiger partial charge on any atom is 0.287 e. The zero-order valence-electron chi connectivity index (χ0n) is 15.2. The number of aromatic nitrogens is 4. The normalized spacial score (nSPS) is 18.1. The molecule has 0 N–H and O–H groups in total. The van der Waals surface area contributed by atoms with Crippen molar-refractivity contribution in [2.75, 3.05) is 67.2 Å². The zero-order chi connectivity index (χ0) is 18.8. The van der Waals surface area contributed by atoms with Crippen LogP contribution in [-0.2, 0) is 11.8 Å². The number of halogens is 1. The van der Waals surface area contributed by atoms with Gasteiger partial charge in [0, 0.05) is 52.4 Å². The lowest BCUT2D eigenvalue weighted by Crippen LogP contribution is -2.47. The monoisotopic (exact) mass is 391 g/mol. The molecule has 0 aliphatic carbocycles. The number of rotatable bonds is 3. The van der Waals surface area contributed by atoms with Crippen LogP contribution in [0.3, 0.4) is 0 Å². The molecular weight excluding hydrogens is 370 g/mol. The predicted molar refractivity (Wildman–Crippen MR) is 104 cm³/mol. The minimum absolute atomic E-state index is 0.220. The van der Waals surface area contributed by atoms with Crippen molar-refractivity contribution in [2.45, 2.75) is 0 Å². The van der Waals surface area contributed by atoms with Crippen LogP contribution < -0.4 is 20.3 Å².